The van der Waals surface area contributed by atoms with E-state index in [1.165, 1.54) is 13.4 Å². The van der Waals surface area contributed by atoms with Crippen LogP contribution in [0.2, 0.25) is 0 Å². The van der Waals surface area contributed by atoms with Crippen molar-refractivity contribution in [3.8, 4) is 5.75 Å². The first kappa shape index (κ1) is 21.9. The van der Waals surface area contributed by atoms with Gasteiger partial charge in [-0.15, -0.1) is 0 Å². The van der Waals surface area contributed by atoms with Gasteiger partial charge in [-0.3, -0.25) is 4.79 Å². The molecule has 0 saturated heterocycles. The molecule has 1 heterocycles. The third kappa shape index (κ3) is 3.95. The van der Waals surface area contributed by atoms with Gasteiger partial charge in [0.1, 0.15) is 5.75 Å². The van der Waals surface area contributed by atoms with Crippen LogP contribution in [0, 0.1) is 0 Å². The van der Waals surface area contributed by atoms with Crippen molar-refractivity contribution >= 4 is 32.6 Å². The van der Waals surface area contributed by atoms with Crippen LogP contribution in [0.4, 0.5) is 0 Å². The lowest BCUT2D eigenvalue weighted by atomic mass is 9.99. The lowest BCUT2D eigenvalue weighted by Gasteiger charge is -2.12. The summed E-state index contributed by atoms with van der Waals surface area (Å²) in [6, 6.07) is 12.3. The van der Waals surface area contributed by atoms with Gasteiger partial charge in [0.15, 0.2) is 16.4 Å². The van der Waals surface area contributed by atoms with Gasteiger partial charge in [0.25, 0.3) is 0 Å². The lowest BCUT2D eigenvalue weighted by molar-refractivity contribution is -0.142. The molecule has 1 aliphatic carbocycles. The summed E-state index contributed by atoms with van der Waals surface area (Å²) in [7, 11) is -1.99. The van der Waals surface area contributed by atoms with Crippen LogP contribution in [-0.2, 0) is 37.1 Å². The molecular formula is C23H24N2O6S. The molecule has 4 rings (SSSR count). The number of sulfone groups is 1. The van der Waals surface area contributed by atoms with Crippen molar-refractivity contribution in [1.82, 2.24) is 4.57 Å². The van der Waals surface area contributed by atoms with Gasteiger partial charge in [-0.1, -0.05) is 18.2 Å². The number of hydrogen-bond acceptors (Lipinski definition) is 6. The van der Waals surface area contributed by atoms with Gasteiger partial charge in [-0.05, 0) is 48.2 Å². The first-order valence-electron chi connectivity index (χ1n) is 10.1. The van der Waals surface area contributed by atoms with Crippen molar-refractivity contribution in [2.45, 2.75) is 30.2 Å². The molecule has 0 spiro atoms. The van der Waals surface area contributed by atoms with Crippen molar-refractivity contribution in [2.75, 3.05) is 20.0 Å². The number of primary amides is 1. The van der Waals surface area contributed by atoms with Crippen LogP contribution in [0.5, 0.6) is 5.75 Å². The van der Waals surface area contributed by atoms with Crippen LogP contribution < -0.4 is 10.5 Å². The highest BCUT2D eigenvalue weighted by Crippen LogP contribution is 2.44. The monoisotopic (exact) mass is 456 g/mol. The first-order chi connectivity index (χ1) is 15.2. The highest BCUT2D eigenvalue weighted by molar-refractivity contribution is 7.90. The molecule has 2 N–H and O–H groups in total. The van der Waals surface area contributed by atoms with Gasteiger partial charge in [0.05, 0.1) is 23.4 Å². The van der Waals surface area contributed by atoms with Gasteiger partial charge < -0.3 is 19.8 Å². The van der Waals surface area contributed by atoms with Crippen LogP contribution in [0.1, 0.15) is 29.2 Å². The number of nitrogens with two attached hydrogens (primary N) is 1. The van der Waals surface area contributed by atoms with E-state index >= 15 is 0 Å². The number of nitrogens with zero attached hydrogens (tertiary/aromatic N) is 1. The minimum Gasteiger partial charge on any atom is -0.481 e. The molecule has 168 valence electrons. The summed E-state index contributed by atoms with van der Waals surface area (Å²) in [6.07, 6.45) is 2.46. The second kappa shape index (κ2) is 8.31. The van der Waals surface area contributed by atoms with E-state index in [1.54, 1.807) is 30.3 Å². The molecule has 2 aromatic carbocycles. The van der Waals surface area contributed by atoms with Crippen molar-refractivity contribution < 1.29 is 27.5 Å². The number of rotatable bonds is 7. The fraction of sp³-hybridized carbons (Fsp3) is 0.304. The second-order valence-electron chi connectivity index (χ2n) is 7.87. The van der Waals surface area contributed by atoms with Crippen molar-refractivity contribution in [1.29, 1.82) is 0 Å². The van der Waals surface area contributed by atoms with E-state index in [1.807, 2.05) is 12.1 Å². The number of esters is 1. The van der Waals surface area contributed by atoms with Crippen LogP contribution in [0.15, 0.2) is 47.4 Å². The fourth-order valence-corrected chi connectivity index (χ4v) is 4.96. The number of hydrogen-bond donors (Lipinski definition) is 1. The van der Waals surface area contributed by atoms with E-state index in [2.05, 4.69) is 9.30 Å². The number of aromatic nitrogens is 1. The van der Waals surface area contributed by atoms with E-state index in [0.29, 0.717) is 25.1 Å². The Morgan fingerprint density at radius 1 is 1.16 bits per heavy atom. The Balaban J connectivity index is 1.81. The summed E-state index contributed by atoms with van der Waals surface area (Å²) >= 11 is 0. The molecule has 8 nitrogen and oxygen atoms in total. The molecule has 9 heteroatoms. The van der Waals surface area contributed by atoms with E-state index in [0.717, 1.165) is 27.7 Å². The number of benzene rings is 2. The topological polar surface area (TPSA) is 118 Å². The second-order valence-corrected chi connectivity index (χ2v) is 9.89. The van der Waals surface area contributed by atoms with Crippen molar-refractivity contribution in [3.63, 3.8) is 0 Å². The Hall–Kier alpha value is -3.33. The molecule has 0 bridgehead atoms. The van der Waals surface area contributed by atoms with Crippen LogP contribution >= 0.6 is 0 Å². The predicted octanol–water partition coefficient (Wildman–Crippen LogP) is 2.16. The summed E-state index contributed by atoms with van der Waals surface area (Å²) in [4.78, 5) is 24.0. The molecule has 0 fully saturated rings. The number of carbonyl (C=O) groups is 2. The quantitative estimate of drug-likeness (QED) is 0.545. The highest BCUT2D eigenvalue weighted by Gasteiger charge is 2.34. The molecular weight excluding hydrogens is 432 g/mol. The summed E-state index contributed by atoms with van der Waals surface area (Å²) in [6.45, 7) is 0.242. The summed E-state index contributed by atoms with van der Waals surface area (Å²) in [5.74, 6) is -0.855. The SMILES string of the molecule is COC(=O)COc1cccc2c1c1c(n2Cc2ccc(S(C)(=O)=O)cc2)CCC1C(N)=O. The maximum absolute atomic E-state index is 12.2. The largest absolute Gasteiger partial charge is 0.481 e. The summed E-state index contributed by atoms with van der Waals surface area (Å²) < 4.78 is 36.0. The molecule has 1 unspecified atom stereocenters. The Bertz CT molecular complexity index is 1310. The molecule has 0 aliphatic heterocycles. The van der Waals surface area contributed by atoms with E-state index in [4.69, 9.17) is 10.5 Å². The van der Waals surface area contributed by atoms with E-state index in [9.17, 15) is 18.0 Å². The van der Waals surface area contributed by atoms with Gasteiger partial charge in [0, 0.05) is 23.9 Å². The van der Waals surface area contributed by atoms with Crippen molar-refractivity contribution in [2.24, 2.45) is 5.73 Å². The van der Waals surface area contributed by atoms with Crippen molar-refractivity contribution in [3.05, 3.63) is 59.3 Å². The molecule has 3 aromatic rings. The minimum atomic E-state index is -3.28. The number of amides is 1. The number of carbonyl (C=O) groups excluding carboxylic acids is 2. The zero-order valence-corrected chi connectivity index (χ0v) is 18.6. The third-order valence-electron chi connectivity index (χ3n) is 5.83. The van der Waals surface area contributed by atoms with E-state index in [-0.39, 0.29) is 11.5 Å². The Morgan fingerprint density at radius 3 is 2.50 bits per heavy atom. The highest BCUT2D eigenvalue weighted by atomic mass is 32.2. The molecule has 1 atom stereocenters. The molecule has 1 aromatic heterocycles. The van der Waals surface area contributed by atoms with Gasteiger partial charge in [-0.25, -0.2) is 13.2 Å². The van der Waals surface area contributed by atoms with Gasteiger partial charge >= 0.3 is 5.97 Å². The third-order valence-corrected chi connectivity index (χ3v) is 6.96. The minimum absolute atomic E-state index is 0.246. The smallest absolute Gasteiger partial charge is 0.343 e. The Labute approximate surface area is 185 Å². The van der Waals surface area contributed by atoms with Crippen LogP contribution in [0.3, 0.4) is 0 Å². The van der Waals surface area contributed by atoms with Gasteiger partial charge in [-0.2, -0.15) is 0 Å². The van der Waals surface area contributed by atoms with Crippen LogP contribution in [0.25, 0.3) is 10.9 Å². The summed E-state index contributed by atoms with van der Waals surface area (Å²) in [5, 5.41) is 0.764. The predicted molar refractivity (Wildman–Crippen MR) is 118 cm³/mol. The zero-order valence-electron chi connectivity index (χ0n) is 17.8. The molecule has 0 radical (unpaired) electrons. The lowest BCUT2D eigenvalue weighted by Crippen LogP contribution is -2.19. The maximum atomic E-state index is 12.2. The Kier molecular flexibility index (Phi) is 5.68. The Morgan fingerprint density at radius 2 is 1.88 bits per heavy atom. The summed E-state index contributed by atoms with van der Waals surface area (Å²) in [5.41, 5.74) is 9.30. The van der Waals surface area contributed by atoms with Crippen LogP contribution in [-0.4, -0.2) is 44.8 Å². The number of methoxy groups -OCH3 is 1. The fourth-order valence-electron chi connectivity index (χ4n) is 4.33. The average Bonchev–Trinajstić information content (AvgIpc) is 3.31. The zero-order chi connectivity index (χ0) is 23.0. The van der Waals surface area contributed by atoms with E-state index < -0.39 is 27.6 Å². The normalized spacial score (nSPS) is 15.5. The molecule has 32 heavy (non-hydrogen) atoms. The number of fused-ring (bicyclic) bond motifs is 3. The maximum Gasteiger partial charge on any atom is 0.343 e. The molecule has 1 amide bonds. The molecule has 0 saturated carbocycles. The first-order valence-corrected chi connectivity index (χ1v) is 12.0. The standard InChI is InChI=1S/C23H24N2O6S/c1-30-20(26)13-31-19-5-3-4-17-22(19)21-16(23(24)27)10-11-18(21)25(17)12-14-6-8-15(9-7-14)32(2,28)29/h3-9,16H,10-13H2,1-2H3,(H2,24,27). The van der Waals surface area contributed by atoms with Gasteiger partial charge in [0.2, 0.25) is 5.91 Å². The number of ether oxygens (including phenoxy) is 2. The molecule has 1 aliphatic rings. The average molecular weight is 457 g/mol.